The fraction of sp³-hybridized carbons (Fsp3) is 0.133. The lowest BCUT2D eigenvalue weighted by Crippen LogP contribution is -2.14. The first-order valence-electron chi connectivity index (χ1n) is 6.09. The van der Waals surface area contributed by atoms with Crippen LogP contribution in [0.3, 0.4) is 0 Å². The summed E-state index contributed by atoms with van der Waals surface area (Å²) in [5.74, 6) is 0.338. The van der Waals surface area contributed by atoms with E-state index in [1.807, 2.05) is 31.2 Å². The molecule has 0 aromatic heterocycles. The van der Waals surface area contributed by atoms with E-state index in [9.17, 15) is 4.79 Å². The number of nitrogens with one attached hydrogen (secondary N) is 1. The van der Waals surface area contributed by atoms with Crippen molar-refractivity contribution in [3.05, 3.63) is 52.5 Å². The van der Waals surface area contributed by atoms with Crippen molar-refractivity contribution in [1.29, 1.82) is 0 Å². The van der Waals surface area contributed by atoms with Crippen LogP contribution in [0.25, 0.3) is 0 Å². The van der Waals surface area contributed by atoms with Crippen molar-refractivity contribution in [2.24, 2.45) is 0 Å². The zero-order chi connectivity index (χ0) is 14.5. The lowest BCUT2D eigenvalue weighted by Gasteiger charge is -2.09. The molecule has 0 saturated carbocycles. The van der Waals surface area contributed by atoms with Gasteiger partial charge in [0.15, 0.2) is 0 Å². The molecule has 20 heavy (non-hydrogen) atoms. The quantitative estimate of drug-likeness (QED) is 0.645. The van der Waals surface area contributed by atoms with E-state index in [0.29, 0.717) is 11.4 Å². The van der Waals surface area contributed by atoms with Gasteiger partial charge in [-0.3, -0.25) is 4.79 Å². The number of benzene rings is 2. The third kappa shape index (κ3) is 4.02. The number of anilines is 2. The van der Waals surface area contributed by atoms with Crippen LogP contribution in [-0.4, -0.2) is 11.7 Å². The summed E-state index contributed by atoms with van der Waals surface area (Å²) in [6.45, 7) is 2.04. The van der Waals surface area contributed by atoms with E-state index in [4.69, 9.17) is 5.73 Å². The van der Waals surface area contributed by atoms with Crippen molar-refractivity contribution >= 4 is 45.0 Å². The zero-order valence-electron chi connectivity index (χ0n) is 11.0. The molecule has 2 aromatic carbocycles. The molecule has 0 fully saturated rings. The number of hydrogen-bond donors (Lipinski definition) is 2. The lowest BCUT2D eigenvalue weighted by atomic mass is 10.2. The Labute approximate surface area is 131 Å². The van der Waals surface area contributed by atoms with E-state index < -0.39 is 0 Å². The second kappa shape index (κ2) is 6.81. The number of aryl methyl sites for hydroxylation is 1. The maximum Gasteiger partial charge on any atom is 0.234 e. The summed E-state index contributed by atoms with van der Waals surface area (Å²) >= 11 is 4.91. The topological polar surface area (TPSA) is 55.1 Å². The standard InChI is InChI=1S/C15H15BrN2OS/c1-10-4-2-3-5-14(10)20-9-15(19)18-13-7-6-11(17)8-12(13)16/h2-8H,9,17H2,1H3,(H,18,19). The van der Waals surface area contributed by atoms with Gasteiger partial charge in [0.25, 0.3) is 0 Å². The molecule has 5 heteroatoms. The molecular formula is C15H15BrN2OS. The van der Waals surface area contributed by atoms with Gasteiger partial charge in [0, 0.05) is 15.1 Å². The molecular weight excluding hydrogens is 336 g/mol. The van der Waals surface area contributed by atoms with Crippen LogP contribution in [0.5, 0.6) is 0 Å². The highest BCUT2D eigenvalue weighted by atomic mass is 79.9. The average molecular weight is 351 g/mol. The maximum atomic E-state index is 12.0. The maximum absolute atomic E-state index is 12.0. The van der Waals surface area contributed by atoms with E-state index >= 15 is 0 Å². The van der Waals surface area contributed by atoms with Crippen molar-refractivity contribution in [1.82, 2.24) is 0 Å². The number of hydrogen-bond acceptors (Lipinski definition) is 3. The molecule has 0 radical (unpaired) electrons. The first kappa shape index (κ1) is 14.9. The first-order valence-corrected chi connectivity index (χ1v) is 7.87. The third-order valence-corrected chi connectivity index (χ3v) is 4.55. The Kier molecular flexibility index (Phi) is 5.09. The van der Waals surface area contributed by atoms with Crippen molar-refractivity contribution in [3.63, 3.8) is 0 Å². The zero-order valence-corrected chi connectivity index (χ0v) is 13.4. The molecule has 2 rings (SSSR count). The fourth-order valence-electron chi connectivity index (χ4n) is 1.68. The van der Waals surface area contributed by atoms with Crippen LogP contribution in [0.4, 0.5) is 11.4 Å². The molecule has 0 aliphatic carbocycles. The Morgan fingerprint density at radius 2 is 2.05 bits per heavy atom. The molecule has 0 bridgehead atoms. The highest BCUT2D eigenvalue weighted by molar-refractivity contribution is 9.10. The van der Waals surface area contributed by atoms with Crippen LogP contribution in [0.2, 0.25) is 0 Å². The van der Waals surface area contributed by atoms with Gasteiger partial charge >= 0.3 is 0 Å². The van der Waals surface area contributed by atoms with E-state index in [2.05, 4.69) is 21.2 Å². The minimum Gasteiger partial charge on any atom is -0.399 e. The number of thioether (sulfide) groups is 1. The molecule has 0 atom stereocenters. The predicted octanol–water partition coefficient (Wildman–Crippen LogP) is 4.07. The molecule has 0 unspecified atom stereocenters. The second-order valence-electron chi connectivity index (χ2n) is 4.34. The van der Waals surface area contributed by atoms with Crippen LogP contribution in [0, 0.1) is 6.92 Å². The van der Waals surface area contributed by atoms with Crippen LogP contribution >= 0.6 is 27.7 Å². The van der Waals surface area contributed by atoms with Crippen molar-refractivity contribution in [3.8, 4) is 0 Å². The Morgan fingerprint density at radius 1 is 1.30 bits per heavy atom. The number of carbonyl (C=O) groups excluding carboxylic acids is 1. The predicted molar refractivity (Wildman–Crippen MR) is 89.1 cm³/mol. The van der Waals surface area contributed by atoms with Crippen molar-refractivity contribution < 1.29 is 4.79 Å². The van der Waals surface area contributed by atoms with Gasteiger partial charge in [-0.1, -0.05) is 18.2 Å². The van der Waals surface area contributed by atoms with Gasteiger partial charge in [0.05, 0.1) is 11.4 Å². The molecule has 2 aromatic rings. The van der Waals surface area contributed by atoms with Gasteiger partial charge in [-0.05, 0) is 52.7 Å². The summed E-state index contributed by atoms with van der Waals surface area (Å²) < 4.78 is 0.784. The summed E-state index contributed by atoms with van der Waals surface area (Å²) in [6, 6.07) is 13.3. The monoisotopic (exact) mass is 350 g/mol. The molecule has 0 aliphatic rings. The highest BCUT2D eigenvalue weighted by Gasteiger charge is 2.07. The van der Waals surface area contributed by atoms with Crippen LogP contribution in [-0.2, 0) is 4.79 Å². The van der Waals surface area contributed by atoms with E-state index in [0.717, 1.165) is 15.1 Å². The molecule has 0 aliphatic heterocycles. The summed E-state index contributed by atoms with van der Waals surface area (Å²) in [4.78, 5) is 13.1. The Hall–Kier alpha value is -1.46. The van der Waals surface area contributed by atoms with E-state index in [1.54, 1.807) is 18.2 Å². The minimum absolute atomic E-state index is 0.0382. The molecule has 0 spiro atoms. The van der Waals surface area contributed by atoms with E-state index in [1.165, 1.54) is 17.3 Å². The fourth-order valence-corrected chi connectivity index (χ4v) is 3.01. The lowest BCUT2D eigenvalue weighted by molar-refractivity contribution is -0.113. The summed E-state index contributed by atoms with van der Waals surface area (Å²) in [5, 5.41) is 2.86. The van der Waals surface area contributed by atoms with Crippen LogP contribution in [0.15, 0.2) is 51.8 Å². The van der Waals surface area contributed by atoms with Crippen LogP contribution < -0.4 is 11.1 Å². The van der Waals surface area contributed by atoms with Gasteiger partial charge in [-0.2, -0.15) is 0 Å². The normalized spacial score (nSPS) is 10.3. The van der Waals surface area contributed by atoms with E-state index in [-0.39, 0.29) is 5.91 Å². The van der Waals surface area contributed by atoms with Gasteiger partial charge in [-0.15, -0.1) is 11.8 Å². The summed E-state index contributed by atoms with van der Waals surface area (Å²) in [6.07, 6.45) is 0. The Bertz CT molecular complexity index is 631. The largest absolute Gasteiger partial charge is 0.399 e. The molecule has 0 saturated heterocycles. The Morgan fingerprint density at radius 3 is 2.75 bits per heavy atom. The number of rotatable bonds is 4. The molecule has 1 amide bonds. The SMILES string of the molecule is Cc1ccccc1SCC(=O)Nc1ccc(N)cc1Br. The average Bonchev–Trinajstić information content (AvgIpc) is 2.41. The number of halogens is 1. The Balaban J connectivity index is 1.94. The van der Waals surface area contributed by atoms with Gasteiger partial charge in [0.1, 0.15) is 0 Å². The van der Waals surface area contributed by atoms with Gasteiger partial charge in [0.2, 0.25) is 5.91 Å². The van der Waals surface area contributed by atoms with Crippen LogP contribution in [0.1, 0.15) is 5.56 Å². The highest BCUT2D eigenvalue weighted by Crippen LogP contribution is 2.26. The second-order valence-corrected chi connectivity index (χ2v) is 6.21. The number of nitrogens with two attached hydrogens (primary N) is 1. The summed E-state index contributed by atoms with van der Waals surface area (Å²) in [5.41, 5.74) is 8.23. The molecule has 3 nitrogen and oxygen atoms in total. The molecule has 104 valence electrons. The van der Waals surface area contributed by atoms with Crippen molar-refractivity contribution in [2.45, 2.75) is 11.8 Å². The molecule has 3 N–H and O–H groups in total. The van der Waals surface area contributed by atoms with Crippen molar-refractivity contribution in [2.75, 3.05) is 16.8 Å². The number of carbonyl (C=O) groups is 1. The third-order valence-electron chi connectivity index (χ3n) is 2.72. The van der Waals surface area contributed by atoms with Gasteiger partial charge in [-0.25, -0.2) is 0 Å². The molecule has 0 heterocycles. The minimum atomic E-state index is -0.0382. The smallest absolute Gasteiger partial charge is 0.234 e. The van der Waals surface area contributed by atoms with Gasteiger partial charge < -0.3 is 11.1 Å². The summed E-state index contributed by atoms with van der Waals surface area (Å²) in [7, 11) is 0. The first-order chi connectivity index (χ1) is 9.56. The number of amides is 1. The number of nitrogen functional groups attached to an aromatic ring is 1.